The van der Waals surface area contributed by atoms with Gasteiger partial charge in [0.2, 0.25) is 0 Å². The summed E-state index contributed by atoms with van der Waals surface area (Å²) < 4.78 is 49.0. The lowest BCUT2D eigenvalue weighted by Crippen LogP contribution is -2.58. The summed E-state index contributed by atoms with van der Waals surface area (Å²) in [6.07, 6.45) is -1.55. The lowest BCUT2D eigenvalue weighted by atomic mass is 10.0. The van der Waals surface area contributed by atoms with Crippen molar-refractivity contribution in [3.05, 3.63) is 29.8 Å². The van der Waals surface area contributed by atoms with Gasteiger partial charge in [-0.15, -0.1) is 0 Å². The van der Waals surface area contributed by atoms with Gasteiger partial charge in [-0.05, 0) is 24.6 Å². The van der Waals surface area contributed by atoms with E-state index in [9.17, 15) is 18.0 Å². The van der Waals surface area contributed by atoms with Crippen molar-refractivity contribution in [2.75, 3.05) is 13.7 Å². The van der Waals surface area contributed by atoms with Gasteiger partial charge in [0, 0.05) is 6.42 Å². The number of urea groups is 1. The molecule has 2 N–H and O–H groups in total. The summed E-state index contributed by atoms with van der Waals surface area (Å²) in [7, 11) is 1.52. The molecular weight excluding hydrogens is 325 g/mol. The van der Waals surface area contributed by atoms with Crippen molar-refractivity contribution in [2.45, 2.75) is 31.6 Å². The minimum atomic E-state index is -4.47. The number of halogens is 3. The second kappa shape index (κ2) is 7.46. The maximum atomic E-state index is 12.8. The molecule has 2 rings (SSSR count). The first-order valence-corrected chi connectivity index (χ1v) is 7.46. The van der Waals surface area contributed by atoms with E-state index in [4.69, 9.17) is 9.47 Å². The Labute approximate surface area is 137 Å². The molecule has 2 atom stereocenters. The summed E-state index contributed by atoms with van der Waals surface area (Å²) >= 11 is 0. The van der Waals surface area contributed by atoms with Gasteiger partial charge in [-0.3, -0.25) is 0 Å². The van der Waals surface area contributed by atoms with E-state index in [1.165, 1.54) is 13.2 Å². The normalized spacial score (nSPS) is 21.3. The second-order valence-corrected chi connectivity index (χ2v) is 5.26. The zero-order valence-corrected chi connectivity index (χ0v) is 13.3. The van der Waals surface area contributed by atoms with E-state index in [0.29, 0.717) is 18.1 Å². The summed E-state index contributed by atoms with van der Waals surface area (Å²) in [5.74, 6) is 1.12. The number of carbonyl (C=O) groups excluding carboxylic acids is 1. The van der Waals surface area contributed by atoms with Crippen molar-refractivity contribution in [3.8, 4) is 11.5 Å². The summed E-state index contributed by atoms with van der Waals surface area (Å²) in [6, 6.07) is 1.80. The summed E-state index contributed by atoms with van der Waals surface area (Å²) in [6.45, 7) is 2.30. The number of carbonyl (C=O) groups is 1. The van der Waals surface area contributed by atoms with Gasteiger partial charge in [0.25, 0.3) is 0 Å². The molecular formula is C16H19F3N2O3. The van der Waals surface area contributed by atoms with Gasteiger partial charge in [-0.2, -0.15) is 13.2 Å². The highest BCUT2D eigenvalue weighted by Crippen LogP contribution is 2.29. The van der Waals surface area contributed by atoms with E-state index in [1.807, 2.05) is 12.2 Å². The van der Waals surface area contributed by atoms with Crippen LogP contribution in [0.5, 0.6) is 11.5 Å². The van der Waals surface area contributed by atoms with Gasteiger partial charge in [-0.1, -0.05) is 18.2 Å². The average Bonchev–Trinajstić information content (AvgIpc) is 2.52. The number of methoxy groups -OCH3 is 1. The fourth-order valence-corrected chi connectivity index (χ4v) is 2.37. The van der Waals surface area contributed by atoms with Gasteiger partial charge in [0.05, 0.1) is 19.8 Å². The number of benzene rings is 1. The Bertz CT molecular complexity index is 617. The molecule has 1 saturated heterocycles. The molecule has 0 radical (unpaired) electrons. The average molecular weight is 344 g/mol. The molecule has 0 aromatic heterocycles. The SMILES string of the molecule is CCOc1cc(/C=C/C2CC(C(F)(F)F)NC(=O)N2)ccc1OC. The third-order valence-corrected chi connectivity index (χ3v) is 3.52. The third-order valence-electron chi connectivity index (χ3n) is 3.52. The van der Waals surface area contributed by atoms with Gasteiger partial charge >= 0.3 is 12.2 Å². The van der Waals surface area contributed by atoms with Gasteiger partial charge in [0.15, 0.2) is 11.5 Å². The van der Waals surface area contributed by atoms with Crippen LogP contribution in [0.2, 0.25) is 0 Å². The van der Waals surface area contributed by atoms with Crippen LogP contribution in [-0.2, 0) is 0 Å². The molecule has 0 spiro atoms. The first-order chi connectivity index (χ1) is 11.3. The molecule has 8 heteroatoms. The van der Waals surface area contributed by atoms with Crippen LogP contribution in [0.3, 0.4) is 0 Å². The molecule has 1 aliphatic rings. The predicted molar refractivity (Wildman–Crippen MR) is 83.1 cm³/mol. The molecule has 1 aromatic rings. The fraction of sp³-hybridized carbons (Fsp3) is 0.438. The highest BCUT2D eigenvalue weighted by molar-refractivity contribution is 5.76. The third kappa shape index (κ3) is 4.56. The lowest BCUT2D eigenvalue weighted by Gasteiger charge is -2.30. The van der Waals surface area contributed by atoms with Crippen molar-refractivity contribution in [3.63, 3.8) is 0 Å². The van der Waals surface area contributed by atoms with Crippen LogP contribution in [0, 0.1) is 0 Å². The van der Waals surface area contributed by atoms with Gasteiger partial charge in [-0.25, -0.2) is 4.79 Å². The Balaban J connectivity index is 2.12. The van der Waals surface area contributed by atoms with Crippen LogP contribution in [0.15, 0.2) is 24.3 Å². The Morgan fingerprint density at radius 2 is 2.04 bits per heavy atom. The maximum Gasteiger partial charge on any atom is 0.408 e. The van der Waals surface area contributed by atoms with Gasteiger partial charge < -0.3 is 20.1 Å². The van der Waals surface area contributed by atoms with Crippen LogP contribution in [0.25, 0.3) is 6.08 Å². The Kier molecular flexibility index (Phi) is 5.58. The van der Waals surface area contributed by atoms with E-state index >= 15 is 0 Å². The van der Waals surface area contributed by atoms with Crippen molar-refractivity contribution < 1.29 is 27.4 Å². The van der Waals surface area contributed by atoms with Crippen LogP contribution in [0.1, 0.15) is 18.9 Å². The van der Waals surface area contributed by atoms with Crippen molar-refractivity contribution >= 4 is 12.1 Å². The molecule has 1 fully saturated rings. The molecule has 1 aliphatic heterocycles. The molecule has 0 bridgehead atoms. The number of alkyl halides is 3. The highest BCUT2D eigenvalue weighted by atomic mass is 19.4. The smallest absolute Gasteiger partial charge is 0.408 e. The van der Waals surface area contributed by atoms with E-state index in [0.717, 1.165) is 5.56 Å². The van der Waals surface area contributed by atoms with Crippen molar-refractivity contribution in [1.82, 2.24) is 10.6 Å². The standard InChI is InChI=1S/C16H19F3N2O3/c1-3-24-13-8-10(5-7-12(13)23-2)4-6-11-9-14(16(17,18)19)21-15(22)20-11/h4-8,11,14H,3,9H2,1-2H3,(H2,20,21,22)/b6-4+. The van der Waals surface area contributed by atoms with Gasteiger partial charge in [0.1, 0.15) is 6.04 Å². The Hall–Kier alpha value is -2.38. The zero-order chi connectivity index (χ0) is 17.7. The highest BCUT2D eigenvalue weighted by Gasteiger charge is 2.44. The van der Waals surface area contributed by atoms with Crippen LogP contribution in [-0.4, -0.2) is 38.0 Å². The first-order valence-electron chi connectivity index (χ1n) is 7.46. The van der Waals surface area contributed by atoms with E-state index in [-0.39, 0.29) is 6.42 Å². The molecule has 24 heavy (non-hydrogen) atoms. The molecule has 5 nitrogen and oxygen atoms in total. The zero-order valence-electron chi connectivity index (χ0n) is 13.3. The monoisotopic (exact) mass is 344 g/mol. The fourth-order valence-electron chi connectivity index (χ4n) is 2.37. The Morgan fingerprint density at radius 3 is 2.67 bits per heavy atom. The minimum absolute atomic E-state index is 0.264. The number of nitrogens with one attached hydrogen (secondary N) is 2. The molecule has 2 unspecified atom stereocenters. The summed E-state index contributed by atoms with van der Waals surface area (Å²) in [5, 5.41) is 4.34. The molecule has 132 valence electrons. The molecule has 0 saturated carbocycles. The molecule has 1 heterocycles. The lowest BCUT2D eigenvalue weighted by molar-refractivity contribution is -0.157. The van der Waals surface area contributed by atoms with E-state index in [1.54, 1.807) is 24.3 Å². The Morgan fingerprint density at radius 1 is 1.29 bits per heavy atom. The molecule has 1 aromatic carbocycles. The molecule has 0 aliphatic carbocycles. The van der Waals surface area contributed by atoms with E-state index < -0.39 is 24.3 Å². The number of hydrogen-bond donors (Lipinski definition) is 2. The van der Waals surface area contributed by atoms with Crippen LogP contribution in [0.4, 0.5) is 18.0 Å². The first kappa shape index (κ1) is 18.0. The topological polar surface area (TPSA) is 59.6 Å². The van der Waals surface area contributed by atoms with E-state index in [2.05, 4.69) is 5.32 Å². The second-order valence-electron chi connectivity index (χ2n) is 5.26. The number of rotatable bonds is 5. The van der Waals surface area contributed by atoms with Crippen molar-refractivity contribution in [1.29, 1.82) is 0 Å². The minimum Gasteiger partial charge on any atom is -0.493 e. The summed E-state index contributed by atoms with van der Waals surface area (Å²) in [4.78, 5) is 11.4. The largest absolute Gasteiger partial charge is 0.493 e. The maximum absolute atomic E-state index is 12.8. The number of ether oxygens (including phenoxy) is 2. The number of hydrogen-bond acceptors (Lipinski definition) is 3. The number of amides is 2. The van der Waals surface area contributed by atoms with Crippen LogP contribution >= 0.6 is 0 Å². The summed E-state index contributed by atoms with van der Waals surface area (Å²) in [5.41, 5.74) is 0.732. The quantitative estimate of drug-likeness (QED) is 0.863. The molecule has 2 amide bonds. The predicted octanol–water partition coefficient (Wildman–Crippen LogP) is 3.11. The van der Waals surface area contributed by atoms with Crippen molar-refractivity contribution in [2.24, 2.45) is 0 Å². The van der Waals surface area contributed by atoms with Crippen LogP contribution < -0.4 is 20.1 Å².